The molecule has 7 heteroatoms. The summed E-state index contributed by atoms with van der Waals surface area (Å²) in [6.45, 7) is 6.17. The average Bonchev–Trinajstić information content (AvgIpc) is 2.24. The zero-order valence-corrected chi connectivity index (χ0v) is 12.4. The number of carbonyl (C=O) groups is 1. The SMILES string of the molecule is CCO[C@H](O)[C@@H]1CN(C(=O)OC(C)(C)C)CC(F)(F)C1. The zero-order chi connectivity index (χ0) is 15.6. The Labute approximate surface area is 117 Å². The van der Waals surface area contributed by atoms with E-state index in [1.807, 2.05) is 0 Å². The predicted octanol–water partition coefficient (Wildman–Crippen LogP) is 2.23. The normalized spacial score (nSPS) is 24.4. The molecular formula is C13H23F2NO4. The summed E-state index contributed by atoms with van der Waals surface area (Å²) >= 11 is 0. The number of piperidine rings is 1. The van der Waals surface area contributed by atoms with Crippen LogP contribution in [0, 0.1) is 5.92 Å². The van der Waals surface area contributed by atoms with Crippen LogP contribution in [0.3, 0.4) is 0 Å². The fraction of sp³-hybridized carbons (Fsp3) is 0.923. The van der Waals surface area contributed by atoms with E-state index in [-0.39, 0.29) is 13.2 Å². The first-order valence-corrected chi connectivity index (χ1v) is 6.69. The van der Waals surface area contributed by atoms with E-state index in [2.05, 4.69) is 0 Å². The van der Waals surface area contributed by atoms with Crippen LogP contribution in [-0.4, -0.2) is 53.6 Å². The minimum Gasteiger partial charge on any atom is -0.444 e. The highest BCUT2D eigenvalue weighted by atomic mass is 19.3. The quantitative estimate of drug-likeness (QED) is 0.811. The Hall–Kier alpha value is -0.950. The Kier molecular flexibility index (Phi) is 5.32. The Bertz CT molecular complexity index is 344. The van der Waals surface area contributed by atoms with Gasteiger partial charge in [-0.3, -0.25) is 0 Å². The molecule has 118 valence electrons. The van der Waals surface area contributed by atoms with Gasteiger partial charge in [0.1, 0.15) is 5.60 Å². The maximum Gasteiger partial charge on any atom is 0.410 e. The number of rotatable bonds is 3. The number of ether oxygens (including phenoxy) is 2. The van der Waals surface area contributed by atoms with Crippen molar-refractivity contribution < 1.29 is 28.2 Å². The molecule has 0 unspecified atom stereocenters. The van der Waals surface area contributed by atoms with Crippen LogP contribution in [0.1, 0.15) is 34.1 Å². The van der Waals surface area contributed by atoms with Crippen LogP contribution in [0.15, 0.2) is 0 Å². The highest BCUT2D eigenvalue weighted by Crippen LogP contribution is 2.33. The second-order valence-electron chi connectivity index (χ2n) is 6.03. The molecule has 1 rings (SSSR count). The van der Waals surface area contributed by atoms with Crippen molar-refractivity contribution in [3.05, 3.63) is 0 Å². The average molecular weight is 295 g/mol. The summed E-state index contributed by atoms with van der Waals surface area (Å²) < 4.78 is 37.4. The van der Waals surface area contributed by atoms with Gasteiger partial charge >= 0.3 is 6.09 Å². The van der Waals surface area contributed by atoms with Crippen LogP contribution in [-0.2, 0) is 9.47 Å². The third-order valence-electron chi connectivity index (χ3n) is 2.83. The number of aliphatic hydroxyl groups excluding tert-OH is 1. The lowest BCUT2D eigenvalue weighted by atomic mass is 9.95. The number of hydrogen-bond donors (Lipinski definition) is 1. The highest BCUT2D eigenvalue weighted by Gasteiger charge is 2.45. The molecule has 1 amide bonds. The van der Waals surface area contributed by atoms with Gasteiger partial charge in [-0.15, -0.1) is 0 Å². The number of hydrogen-bond acceptors (Lipinski definition) is 4. The van der Waals surface area contributed by atoms with Gasteiger partial charge in [0.15, 0.2) is 6.29 Å². The van der Waals surface area contributed by atoms with Gasteiger partial charge in [-0.05, 0) is 27.7 Å². The predicted molar refractivity (Wildman–Crippen MR) is 68.5 cm³/mol. The van der Waals surface area contributed by atoms with Gasteiger partial charge < -0.3 is 19.5 Å². The minimum atomic E-state index is -3.06. The molecule has 2 atom stereocenters. The van der Waals surface area contributed by atoms with Crippen molar-refractivity contribution in [1.82, 2.24) is 4.90 Å². The van der Waals surface area contributed by atoms with E-state index in [9.17, 15) is 18.7 Å². The van der Waals surface area contributed by atoms with E-state index in [0.29, 0.717) is 0 Å². The third kappa shape index (κ3) is 5.20. The summed E-state index contributed by atoms with van der Waals surface area (Å²) in [6.07, 6.45) is -2.62. The lowest BCUT2D eigenvalue weighted by molar-refractivity contribution is -0.176. The molecule has 0 saturated carbocycles. The summed E-state index contributed by atoms with van der Waals surface area (Å²) in [4.78, 5) is 12.8. The lowest BCUT2D eigenvalue weighted by Crippen LogP contribution is -2.53. The van der Waals surface area contributed by atoms with E-state index < -0.39 is 42.8 Å². The molecule has 0 aliphatic carbocycles. The number of nitrogens with zero attached hydrogens (tertiary/aromatic N) is 1. The molecule has 20 heavy (non-hydrogen) atoms. The molecule has 0 bridgehead atoms. The number of aliphatic hydroxyl groups is 1. The van der Waals surface area contributed by atoms with Crippen LogP contribution in [0.5, 0.6) is 0 Å². The van der Waals surface area contributed by atoms with Crippen molar-refractivity contribution in [2.45, 2.75) is 51.9 Å². The highest BCUT2D eigenvalue weighted by molar-refractivity contribution is 5.68. The van der Waals surface area contributed by atoms with Crippen molar-refractivity contribution in [2.24, 2.45) is 5.92 Å². The van der Waals surface area contributed by atoms with Gasteiger partial charge in [-0.25, -0.2) is 13.6 Å². The maximum absolute atomic E-state index is 13.7. The standard InChI is InChI=1S/C13H23F2NO4/c1-5-19-10(17)9-6-13(14,15)8-16(7-9)11(18)20-12(2,3)4/h9-10,17H,5-8H2,1-4H3/t9-,10-/m0/s1. The van der Waals surface area contributed by atoms with Crippen molar-refractivity contribution in [3.8, 4) is 0 Å². The van der Waals surface area contributed by atoms with E-state index in [4.69, 9.17) is 9.47 Å². The monoisotopic (exact) mass is 295 g/mol. The molecule has 1 heterocycles. The molecular weight excluding hydrogens is 272 g/mol. The molecule has 1 aliphatic rings. The van der Waals surface area contributed by atoms with Gasteiger partial charge in [-0.2, -0.15) is 0 Å². The topological polar surface area (TPSA) is 59.0 Å². The number of halogens is 2. The van der Waals surface area contributed by atoms with E-state index in [0.717, 1.165) is 4.90 Å². The van der Waals surface area contributed by atoms with E-state index in [1.54, 1.807) is 27.7 Å². The van der Waals surface area contributed by atoms with Crippen LogP contribution < -0.4 is 0 Å². The fourth-order valence-corrected chi connectivity index (χ4v) is 2.10. The summed E-state index contributed by atoms with van der Waals surface area (Å²) in [7, 11) is 0. The molecule has 1 N–H and O–H groups in total. The number of carbonyl (C=O) groups excluding carboxylic acids is 1. The second kappa shape index (κ2) is 6.22. The first-order chi connectivity index (χ1) is 9.04. The number of likely N-dealkylation sites (tertiary alicyclic amines) is 1. The Balaban J connectivity index is 2.74. The molecule has 1 fully saturated rings. The van der Waals surface area contributed by atoms with Gasteiger partial charge in [0.05, 0.1) is 6.54 Å². The van der Waals surface area contributed by atoms with Crippen LogP contribution in [0.25, 0.3) is 0 Å². The van der Waals surface area contributed by atoms with Crippen LogP contribution >= 0.6 is 0 Å². The lowest BCUT2D eigenvalue weighted by Gasteiger charge is -2.39. The number of amides is 1. The first-order valence-electron chi connectivity index (χ1n) is 6.69. The van der Waals surface area contributed by atoms with Crippen molar-refractivity contribution >= 4 is 6.09 Å². The van der Waals surface area contributed by atoms with E-state index in [1.165, 1.54) is 0 Å². The Morgan fingerprint density at radius 3 is 2.60 bits per heavy atom. The van der Waals surface area contributed by atoms with Gasteiger partial charge in [0.2, 0.25) is 0 Å². The fourth-order valence-electron chi connectivity index (χ4n) is 2.10. The van der Waals surface area contributed by atoms with Crippen molar-refractivity contribution in [1.29, 1.82) is 0 Å². The Morgan fingerprint density at radius 1 is 1.50 bits per heavy atom. The maximum atomic E-state index is 13.7. The van der Waals surface area contributed by atoms with Crippen molar-refractivity contribution in [2.75, 3.05) is 19.7 Å². The zero-order valence-electron chi connectivity index (χ0n) is 12.4. The summed E-state index contributed by atoms with van der Waals surface area (Å²) in [6, 6.07) is 0. The largest absolute Gasteiger partial charge is 0.444 e. The Morgan fingerprint density at radius 2 is 2.10 bits per heavy atom. The third-order valence-corrected chi connectivity index (χ3v) is 2.83. The molecule has 0 radical (unpaired) electrons. The summed E-state index contributed by atoms with van der Waals surface area (Å²) in [5.74, 6) is -3.89. The molecule has 0 aromatic carbocycles. The summed E-state index contributed by atoms with van der Waals surface area (Å²) in [5, 5.41) is 9.70. The summed E-state index contributed by atoms with van der Waals surface area (Å²) in [5.41, 5.74) is -0.752. The number of alkyl halides is 2. The van der Waals surface area contributed by atoms with Gasteiger partial charge in [0, 0.05) is 25.5 Å². The second-order valence-corrected chi connectivity index (χ2v) is 6.03. The van der Waals surface area contributed by atoms with Crippen LogP contribution in [0.2, 0.25) is 0 Å². The van der Waals surface area contributed by atoms with Crippen LogP contribution in [0.4, 0.5) is 13.6 Å². The molecule has 0 spiro atoms. The van der Waals surface area contributed by atoms with E-state index >= 15 is 0 Å². The smallest absolute Gasteiger partial charge is 0.410 e. The van der Waals surface area contributed by atoms with Gasteiger partial charge in [0.25, 0.3) is 5.92 Å². The molecule has 5 nitrogen and oxygen atoms in total. The molecule has 0 aromatic heterocycles. The minimum absolute atomic E-state index is 0.00826. The first kappa shape index (κ1) is 17.1. The molecule has 1 saturated heterocycles. The van der Waals surface area contributed by atoms with Crippen molar-refractivity contribution in [3.63, 3.8) is 0 Å². The van der Waals surface area contributed by atoms with Gasteiger partial charge in [-0.1, -0.05) is 0 Å². The molecule has 0 aromatic rings. The molecule has 1 aliphatic heterocycles.